The molecule has 0 fully saturated rings. The minimum absolute atomic E-state index is 0.590. The van der Waals surface area contributed by atoms with Gasteiger partial charge in [0, 0.05) is 13.1 Å². The molecule has 7 nitrogen and oxygen atoms in total. The highest BCUT2D eigenvalue weighted by atomic mass is 15.6. The molecule has 16 heavy (non-hydrogen) atoms. The zero-order valence-electron chi connectivity index (χ0n) is 9.28. The van der Waals surface area contributed by atoms with Crippen molar-refractivity contribution in [3.8, 4) is 0 Å². The number of nitrogens with zero attached hydrogens (tertiary/aromatic N) is 7. The second kappa shape index (κ2) is 4.65. The lowest BCUT2D eigenvalue weighted by molar-refractivity contribution is 0.479. The molecule has 0 aliphatic heterocycles. The third kappa shape index (κ3) is 2.13. The van der Waals surface area contributed by atoms with E-state index in [1.54, 1.807) is 18.5 Å². The van der Waals surface area contributed by atoms with Crippen molar-refractivity contribution in [2.45, 2.75) is 13.8 Å². The van der Waals surface area contributed by atoms with E-state index in [1.807, 2.05) is 0 Å². The standard InChI is InChI=1S/C9H13N7/c1-3-15(4-2)7-10-8-5-6-9-11-13-14-16(9)12-8/h5-7H,3-4H2,1-2H3. The Labute approximate surface area is 92.8 Å². The molecule has 2 heterocycles. The maximum absolute atomic E-state index is 4.25. The van der Waals surface area contributed by atoms with Gasteiger partial charge in [0.15, 0.2) is 11.5 Å². The van der Waals surface area contributed by atoms with E-state index in [4.69, 9.17) is 0 Å². The van der Waals surface area contributed by atoms with E-state index in [1.165, 1.54) is 4.63 Å². The molecular weight excluding hydrogens is 206 g/mol. The quantitative estimate of drug-likeness (QED) is 0.553. The Morgan fingerprint density at radius 1 is 1.38 bits per heavy atom. The van der Waals surface area contributed by atoms with E-state index in [9.17, 15) is 0 Å². The van der Waals surface area contributed by atoms with Crippen LogP contribution in [-0.4, -0.2) is 49.6 Å². The van der Waals surface area contributed by atoms with Crippen LogP contribution in [0.3, 0.4) is 0 Å². The van der Waals surface area contributed by atoms with Crippen LogP contribution in [0.2, 0.25) is 0 Å². The van der Waals surface area contributed by atoms with E-state index in [2.05, 4.69) is 44.4 Å². The van der Waals surface area contributed by atoms with E-state index in [0.717, 1.165) is 13.1 Å². The van der Waals surface area contributed by atoms with Crippen LogP contribution >= 0.6 is 0 Å². The first kappa shape index (κ1) is 10.5. The zero-order chi connectivity index (χ0) is 11.4. The van der Waals surface area contributed by atoms with Crippen molar-refractivity contribution in [2.24, 2.45) is 4.99 Å². The van der Waals surface area contributed by atoms with Crippen LogP contribution in [0.4, 0.5) is 5.82 Å². The summed E-state index contributed by atoms with van der Waals surface area (Å²) >= 11 is 0. The molecule has 0 aliphatic carbocycles. The number of aromatic nitrogens is 5. The van der Waals surface area contributed by atoms with E-state index in [-0.39, 0.29) is 0 Å². The molecule has 0 aliphatic rings. The van der Waals surface area contributed by atoms with Crippen LogP contribution in [0.5, 0.6) is 0 Å². The van der Waals surface area contributed by atoms with Crippen LogP contribution in [0.1, 0.15) is 13.8 Å². The maximum atomic E-state index is 4.25. The highest BCUT2D eigenvalue weighted by Gasteiger charge is 1.98. The van der Waals surface area contributed by atoms with Crippen LogP contribution < -0.4 is 0 Å². The molecule has 0 aromatic carbocycles. The van der Waals surface area contributed by atoms with Crippen molar-refractivity contribution in [3.63, 3.8) is 0 Å². The van der Waals surface area contributed by atoms with Gasteiger partial charge in [-0.25, -0.2) is 4.99 Å². The Balaban J connectivity index is 2.20. The van der Waals surface area contributed by atoms with Crippen molar-refractivity contribution < 1.29 is 0 Å². The Bertz CT molecular complexity index is 485. The summed E-state index contributed by atoms with van der Waals surface area (Å²) < 4.78 is 1.36. The molecule has 2 rings (SSSR count). The average Bonchev–Trinajstić information content (AvgIpc) is 2.77. The summed E-state index contributed by atoms with van der Waals surface area (Å²) in [5, 5.41) is 15.1. The van der Waals surface area contributed by atoms with Crippen molar-refractivity contribution >= 4 is 17.8 Å². The highest BCUT2D eigenvalue weighted by molar-refractivity contribution is 5.59. The molecule has 0 atom stereocenters. The van der Waals surface area contributed by atoms with Gasteiger partial charge in [0.05, 0.1) is 6.34 Å². The van der Waals surface area contributed by atoms with Gasteiger partial charge in [0.2, 0.25) is 0 Å². The summed E-state index contributed by atoms with van der Waals surface area (Å²) in [4.78, 5) is 6.33. The van der Waals surface area contributed by atoms with Crippen LogP contribution in [0.25, 0.3) is 5.65 Å². The largest absolute Gasteiger partial charge is 0.363 e. The molecule has 0 radical (unpaired) electrons. The van der Waals surface area contributed by atoms with Gasteiger partial charge in [-0.3, -0.25) is 0 Å². The summed E-state index contributed by atoms with van der Waals surface area (Å²) in [5.41, 5.74) is 0.613. The Morgan fingerprint density at radius 2 is 2.19 bits per heavy atom. The normalized spacial score (nSPS) is 11.4. The highest BCUT2D eigenvalue weighted by Crippen LogP contribution is 2.06. The number of fused-ring (bicyclic) bond motifs is 1. The predicted molar refractivity (Wildman–Crippen MR) is 59.7 cm³/mol. The van der Waals surface area contributed by atoms with E-state index >= 15 is 0 Å². The van der Waals surface area contributed by atoms with Crippen LogP contribution in [0, 0.1) is 0 Å². The van der Waals surface area contributed by atoms with Gasteiger partial charge < -0.3 is 4.90 Å². The molecule has 0 amide bonds. The second-order valence-electron chi connectivity index (χ2n) is 3.18. The number of tetrazole rings is 1. The molecule has 0 N–H and O–H groups in total. The first-order chi connectivity index (χ1) is 7.83. The number of aliphatic imine (C=N–C) groups is 1. The van der Waals surface area contributed by atoms with Gasteiger partial charge in [-0.05, 0) is 36.4 Å². The Kier molecular flexibility index (Phi) is 3.04. The fourth-order valence-electron chi connectivity index (χ4n) is 1.24. The molecular formula is C9H13N7. The molecule has 84 valence electrons. The third-order valence-electron chi connectivity index (χ3n) is 2.22. The van der Waals surface area contributed by atoms with Gasteiger partial charge in [0.1, 0.15) is 0 Å². The molecule has 0 spiro atoms. The minimum Gasteiger partial charge on any atom is -0.363 e. The van der Waals surface area contributed by atoms with Gasteiger partial charge in [-0.1, -0.05) is 0 Å². The smallest absolute Gasteiger partial charge is 0.200 e. The monoisotopic (exact) mass is 219 g/mol. The predicted octanol–water partition coefficient (Wildman–Crippen LogP) is 0.521. The summed E-state index contributed by atoms with van der Waals surface area (Å²) in [6.07, 6.45) is 1.78. The molecule has 0 saturated carbocycles. The van der Waals surface area contributed by atoms with E-state index < -0.39 is 0 Å². The van der Waals surface area contributed by atoms with E-state index in [0.29, 0.717) is 11.5 Å². The fourth-order valence-corrected chi connectivity index (χ4v) is 1.24. The van der Waals surface area contributed by atoms with Gasteiger partial charge in [0.25, 0.3) is 0 Å². The molecule has 7 heteroatoms. The van der Waals surface area contributed by atoms with Crippen LogP contribution in [0.15, 0.2) is 17.1 Å². The number of rotatable bonds is 4. The van der Waals surface area contributed by atoms with Crippen LogP contribution in [-0.2, 0) is 0 Å². The Morgan fingerprint density at radius 3 is 2.94 bits per heavy atom. The zero-order valence-corrected chi connectivity index (χ0v) is 9.28. The molecule has 0 bridgehead atoms. The SMILES string of the molecule is CCN(C=Nc1ccc2nnnn2n1)CC. The van der Waals surface area contributed by atoms with Crippen molar-refractivity contribution in [1.29, 1.82) is 0 Å². The fraction of sp³-hybridized carbons (Fsp3) is 0.444. The number of hydrogen-bond donors (Lipinski definition) is 0. The van der Waals surface area contributed by atoms with Crippen molar-refractivity contribution in [1.82, 2.24) is 30.2 Å². The maximum Gasteiger partial charge on any atom is 0.200 e. The molecule has 0 saturated heterocycles. The lowest BCUT2D eigenvalue weighted by Gasteiger charge is -2.12. The topological polar surface area (TPSA) is 71.6 Å². The molecule has 2 aromatic heterocycles. The van der Waals surface area contributed by atoms with Gasteiger partial charge in [-0.15, -0.1) is 14.8 Å². The van der Waals surface area contributed by atoms with Gasteiger partial charge >= 0.3 is 0 Å². The third-order valence-corrected chi connectivity index (χ3v) is 2.22. The minimum atomic E-state index is 0.590. The molecule has 0 unspecified atom stereocenters. The average molecular weight is 219 g/mol. The first-order valence-corrected chi connectivity index (χ1v) is 5.17. The lowest BCUT2D eigenvalue weighted by Crippen LogP contribution is -2.20. The first-order valence-electron chi connectivity index (χ1n) is 5.17. The van der Waals surface area contributed by atoms with Gasteiger partial charge in [-0.2, -0.15) is 0 Å². The second-order valence-corrected chi connectivity index (χ2v) is 3.18. The summed E-state index contributed by atoms with van der Waals surface area (Å²) in [6, 6.07) is 3.56. The summed E-state index contributed by atoms with van der Waals surface area (Å²) in [5.74, 6) is 0.590. The number of hydrogen-bond acceptors (Lipinski definition) is 5. The van der Waals surface area contributed by atoms with Crippen molar-refractivity contribution in [3.05, 3.63) is 12.1 Å². The molecule has 2 aromatic rings. The summed E-state index contributed by atoms with van der Waals surface area (Å²) in [7, 11) is 0. The Hall–Kier alpha value is -2.05. The van der Waals surface area contributed by atoms with Crippen molar-refractivity contribution in [2.75, 3.05) is 13.1 Å². The summed E-state index contributed by atoms with van der Waals surface area (Å²) in [6.45, 7) is 6.00. The lowest BCUT2D eigenvalue weighted by atomic mass is 10.5.